The molecule has 0 aliphatic carbocycles. The van der Waals surface area contributed by atoms with E-state index in [4.69, 9.17) is 0 Å². The molecule has 0 saturated carbocycles. The Morgan fingerprint density at radius 2 is 1.91 bits per heavy atom. The molecular formula is C23H24N4O5S. The molecule has 3 amide bonds. The highest BCUT2D eigenvalue weighted by atomic mass is 32.2. The lowest BCUT2D eigenvalue weighted by Gasteiger charge is -2.38. The van der Waals surface area contributed by atoms with E-state index in [9.17, 15) is 22.8 Å². The number of nitrogens with zero attached hydrogens (tertiary/aromatic N) is 3. The van der Waals surface area contributed by atoms with Gasteiger partial charge in [0, 0.05) is 49.9 Å². The van der Waals surface area contributed by atoms with Crippen molar-refractivity contribution in [2.24, 2.45) is 5.92 Å². The van der Waals surface area contributed by atoms with Gasteiger partial charge in [0.2, 0.25) is 11.8 Å². The van der Waals surface area contributed by atoms with Gasteiger partial charge in [-0.3, -0.25) is 29.6 Å². The van der Waals surface area contributed by atoms with E-state index in [-0.39, 0.29) is 29.9 Å². The van der Waals surface area contributed by atoms with Crippen LogP contribution < -0.4 is 5.32 Å². The largest absolute Gasteiger partial charge is 0.322 e. The van der Waals surface area contributed by atoms with Crippen LogP contribution in [-0.4, -0.2) is 65.8 Å². The predicted molar refractivity (Wildman–Crippen MR) is 120 cm³/mol. The first kappa shape index (κ1) is 21.7. The van der Waals surface area contributed by atoms with E-state index < -0.39 is 22.7 Å². The summed E-state index contributed by atoms with van der Waals surface area (Å²) in [6.07, 6.45) is 2.32. The summed E-state index contributed by atoms with van der Waals surface area (Å²) in [5.74, 6) is -0.452. The molecule has 0 spiro atoms. The van der Waals surface area contributed by atoms with Crippen molar-refractivity contribution in [1.82, 2.24) is 20.1 Å². The number of hydrogen-bond acceptors (Lipinski definition) is 7. The van der Waals surface area contributed by atoms with E-state index in [0.717, 1.165) is 42.0 Å². The number of aromatic nitrogens is 1. The van der Waals surface area contributed by atoms with Gasteiger partial charge < -0.3 is 4.90 Å². The second kappa shape index (κ2) is 8.68. The molecule has 1 atom stereocenters. The number of carbonyl (C=O) groups is 3. The van der Waals surface area contributed by atoms with E-state index in [2.05, 4.69) is 15.2 Å². The van der Waals surface area contributed by atoms with Crippen molar-refractivity contribution >= 4 is 28.4 Å². The lowest BCUT2D eigenvalue weighted by atomic mass is 10.0. The molecule has 2 aromatic rings. The third-order valence-corrected chi connectivity index (χ3v) is 7.30. The van der Waals surface area contributed by atoms with E-state index in [1.165, 1.54) is 4.90 Å². The first-order valence-electron chi connectivity index (χ1n) is 10.9. The summed E-state index contributed by atoms with van der Waals surface area (Å²) in [6.45, 7) is 2.61. The molecule has 1 aromatic carbocycles. The van der Waals surface area contributed by atoms with Crippen LogP contribution in [0, 0.1) is 5.92 Å². The number of pyridine rings is 1. The molecule has 9 nitrogen and oxygen atoms in total. The van der Waals surface area contributed by atoms with Crippen molar-refractivity contribution in [3.63, 3.8) is 0 Å². The van der Waals surface area contributed by atoms with Crippen molar-refractivity contribution in [2.45, 2.75) is 32.0 Å². The molecule has 1 aromatic heterocycles. The summed E-state index contributed by atoms with van der Waals surface area (Å²) in [5.41, 5.74) is 4.18. The maximum absolute atomic E-state index is 12.9. The molecule has 4 heterocycles. The Balaban J connectivity index is 1.29. The first-order valence-corrected chi connectivity index (χ1v) is 12.3. The summed E-state index contributed by atoms with van der Waals surface area (Å²) in [7, 11) is -2.33. The van der Waals surface area contributed by atoms with Gasteiger partial charge in [0.15, 0.2) is 0 Å². The minimum atomic E-state index is -2.33. The Bertz CT molecular complexity index is 1210. The van der Waals surface area contributed by atoms with Crippen LogP contribution in [0.3, 0.4) is 0 Å². The minimum Gasteiger partial charge on any atom is -0.322 e. The number of imide groups is 1. The smallest absolute Gasteiger partial charge is 0.255 e. The number of amides is 3. The van der Waals surface area contributed by atoms with Crippen molar-refractivity contribution in [3.8, 4) is 11.3 Å². The van der Waals surface area contributed by atoms with Crippen LogP contribution in [0.2, 0.25) is 0 Å². The highest BCUT2D eigenvalue weighted by Gasteiger charge is 2.39. The zero-order chi connectivity index (χ0) is 23.1. The van der Waals surface area contributed by atoms with Crippen molar-refractivity contribution in [3.05, 3.63) is 53.2 Å². The number of piperidine rings is 1. The van der Waals surface area contributed by atoms with Gasteiger partial charge in [-0.25, -0.2) is 8.42 Å². The SMILES string of the molecule is O=C1CCC(N2Cc3cc(-c4cc(CN5CC(C[SH](=O)=O)C5)ccn4)ccc3C2=O)C(=O)N1. The highest BCUT2D eigenvalue weighted by Crippen LogP contribution is 2.31. The lowest BCUT2D eigenvalue weighted by molar-refractivity contribution is -0.136. The predicted octanol–water partition coefficient (Wildman–Crippen LogP) is 0.553. The van der Waals surface area contributed by atoms with Crippen LogP contribution >= 0.6 is 0 Å². The molecular weight excluding hydrogens is 444 g/mol. The van der Waals surface area contributed by atoms with Gasteiger partial charge in [-0.15, -0.1) is 0 Å². The Morgan fingerprint density at radius 3 is 2.67 bits per heavy atom. The van der Waals surface area contributed by atoms with Crippen molar-refractivity contribution in [1.29, 1.82) is 0 Å². The van der Waals surface area contributed by atoms with Crippen LogP contribution in [0.4, 0.5) is 0 Å². The Morgan fingerprint density at radius 1 is 1.09 bits per heavy atom. The van der Waals surface area contributed by atoms with E-state index in [1.807, 2.05) is 24.3 Å². The van der Waals surface area contributed by atoms with Crippen LogP contribution in [0.25, 0.3) is 11.3 Å². The highest BCUT2D eigenvalue weighted by molar-refractivity contribution is 7.72. The third-order valence-electron chi connectivity index (χ3n) is 6.49. The molecule has 0 bridgehead atoms. The number of carbonyl (C=O) groups excluding carboxylic acids is 3. The van der Waals surface area contributed by atoms with E-state index in [1.54, 1.807) is 12.3 Å². The Hall–Kier alpha value is -3.11. The van der Waals surface area contributed by atoms with E-state index >= 15 is 0 Å². The second-order valence-electron chi connectivity index (χ2n) is 8.90. The number of nitrogens with one attached hydrogen (secondary N) is 1. The van der Waals surface area contributed by atoms with E-state index in [0.29, 0.717) is 18.5 Å². The molecule has 33 heavy (non-hydrogen) atoms. The van der Waals surface area contributed by atoms with Crippen LogP contribution in [0.1, 0.15) is 34.3 Å². The topological polar surface area (TPSA) is 117 Å². The number of thiol groups is 1. The normalized spacial score (nSPS) is 21.3. The number of hydrogen-bond donors (Lipinski definition) is 2. The summed E-state index contributed by atoms with van der Waals surface area (Å²) in [4.78, 5) is 44.8. The summed E-state index contributed by atoms with van der Waals surface area (Å²) in [6, 6.07) is 8.91. The fourth-order valence-corrected chi connectivity index (χ4v) is 5.51. The van der Waals surface area contributed by atoms with Crippen LogP contribution in [0.5, 0.6) is 0 Å². The molecule has 1 unspecified atom stereocenters. The molecule has 1 N–H and O–H groups in total. The number of fused-ring (bicyclic) bond motifs is 1. The number of rotatable bonds is 6. The molecule has 2 fully saturated rings. The Labute approximate surface area is 192 Å². The first-order chi connectivity index (χ1) is 15.9. The monoisotopic (exact) mass is 468 g/mol. The zero-order valence-electron chi connectivity index (χ0n) is 17.9. The molecule has 3 aliphatic rings. The van der Waals surface area contributed by atoms with Gasteiger partial charge in [0.25, 0.3) is 5.91 Å². The summed E-state index contributed by atoms with van der Waals surface area (Å²) >= 11 is 0. The van der Waals surface area contributed by atoms with Gasteiger partial charge in [0.1, 0.15) is 16.7 Å². The quantitative estimate of drug-likeness (QED) is 0.470. The number of likely N-dealkylation sites (tertiary alicyclic amines) is 1. The Kier molecular flexibility index (Phi) is 5.71. The molecule has 2 saturated heterocycles. The molecule has 172 valence electrons. The summed E-state index contributed by atoms with van der Waals surface area (Å²) in [5, 5.41) is 2.32. The summed E-state index contributed by atoms with van der Waals surface area (Å²) < 4.78 is 21.7. The molecule has 0 radical (unpaired) electrons. The standard InChI is InChI=1S/C23H24N4O5S/c28-21-4-3-20(22(29)25-21)27-12-17-8-16(1-2-18(17)23(27)30)19-7-14(5-6-24-19)9-26-10-15(11-26)13-33(31)32/h1-2,5-8,15,20,33H,3-4,9-13H2,(H,25,28,29). The van der Waals surface area contributed by atoms with Crippen molar-refractivity contribution in [2.75, 3.05) is 18.8 Å². The number of benzene rings is 1. The van der Waals surface area contributed by atoms with Gasteiger partial charge in [-0.1, -0.05) is 6.07 Å². The average Bonchev–Trinajstić information content (AvgIpc) is 3.08. The fraction of sp³-hybridized carbons (Fsp3) is 0.391. The average molecular weight is 469 g/mol. The minimum absolute atomic E-state index is 0.195. The molecule has 5 rings (SSSR count). The molecule has 10 heteroatoms. The maximum atomic E-state index is 12.9. The van der Waals surface area contributed by atoms with Gasteiger partial charge in [0.05, 0.1) is 11.4 Å². The second-order valence-corrected chi connectivity index (χ2v) is 9.93. The van der Waals surface area contributed by atoms with Crippen LogP contribution in [0.15, 0.2) is 36.5 Å². The molecule has 3 aliphatic heterocycles. The van der Waals surface area contributed by atoms with Gasteiger partial charge in [-0.05, 0) is 47.7 Å². The van der Waals surface area contributed by atoms with Gasteiger partial charge >= 0.3 is 0 Å². The zero-order valence-corrected chi connectivity index (χ0v) is 18.8. The van der Waals surface area contributed by atoms with Crippen LogP contribution in [-0.2, 0) is 33.4 Å². The maximum Gasteiger partial charge on any atom is 0.255 e. The fourth-order valence-electron chi connectivity index (χ4n) is 4.85. The van der Waals surface area contributed by atoms with Crippen molar-refractivity contribution < 1.29 is 22.8 Å². The third kappa shape index (κ3) is 4.40. The lowest BCUT2D eigenvalue weighted by Crippen LogP contribution is -2.52. The van der Waals surface area contributed by atoms with Gasteiger partial charge in [-0.2, -0.15) is 0 Å².